The summed E-state index contributed by atoms with van der Waals surface area (Å²) in [5, 5.41) is 11.1. The van der Waals surface area contributed by atoms with Crippen LogP contribution in [-0.4, -0.2) is 37.5 Å². The fraction of sp³-hybridized carbons (Fsp3) is 0.222. The van der Waals surface area contributed by atoms with E-state index < -0.39 is 0 Å². The fourth-order valence-corrected chi connectivity index (χ4v) is 2.79. The summed E-state index contributed by atoms with van der Waals surface area (Å²) in [6, 6.07) is 10.8. The van der Waals surface area contributed by atoms with Gasteiger partial charge in [-0.25, -0.2) is 18.9 Å². The van der Waals surface area contributed by atoms with Crippen LogP contribution in [-0.2, 0) is 19.7 Å². The van der Waals surface area contributed by atoms with Crippen molar-refractivity contribution in [2.24, 2.45) is 0 Å². The third-order valence-electron chi connectivity index (χ3n) is 4.22. The zero-order valence-corrected chi connectivity index (χ0v) is 14.4. The average Bonchev–Trinajstić information content (AvgIpc) is 3.11. The number of carbonyl (C=O) groups excluding carboxylic acids is 1. The minimum absolute atomic E-state index is 0.222. The van der Waals surface area contributed by atoms with Crippen LogP contribution in [0.5, 0.6) is 5.88 Å². The van der Waals surface area contributed by atoms with Crippen molar-refractivity contribution in [2.45, 2.75) is 19.7 Å². The number of nitrogens with one attached hydrogen (secondary N) is 1. The minimum atomic E-state index is -0.349. The first-order chi connectivity index (χ1) is 13.2. The number of rotatable bonds is 4. The van der Waals surface area contributed by atoms with Crippen molar-refractivity contribution in [3.8, 4) is 5.88 Å². The van der Waals surface area contributed by atoms with Gasteiger partial charge < -0.3 is 15.0 Å². The largest absolute Gasteiger partial charge is 0.471 e. The summed E-state index contributed by atoms with van der Waals surface area (Å²) in [4.78, 5) is 18.3. The van der Waals surface area contributed by atoms with Crippen LogP contribution in [0.1, 0.15) is 11.4 Å². The molecular formula is C18H17FN6O2. The zero-order valence-electron chi connectivity index (χ0n) is 14.4. The van der Waals surface area contributed by atoms with Gasteiger partial charge in [0.15, 0.2) is 0 Å². The van der Waals surface area contributed by atoms with E-state index in [1.807, 2.05) is 12.1 Å². The molecule has 0 unspecified atom stereocenters. The number of nitrogens with zero attached hydrogens (tertiary/aromatic N) is 5. The number of amides is 2. The van der Waals surface area contributed by atoms with Gasteiger partial charge in [0, 0.05) is 24.5 Å². The quantitative estimate of drug-likeness (QED) is 0.765. The third-order valence-corrected chi connectivity index (χ3v) is 4.22. The highest BCUT2D eigenvalue weighted by Gasteiger charge is 2.25. The van der Waals surface area contributed by atoms with Crippen molar-refractivity contribution in [3.05, 3.63) is 65.9 Å². The van der Waals surface area contributed by atoms with Crippen LogP contribution in [0, 0.1) is 5.82 Å². The molecule has 8 nitrogen and oxygen atoms in total. The number of carbonyl (C=O) groups is 1. The fourth-order valence-electron chi connectivity index (χ4n) is 2.79. The molecule has 3 aromatic rings. The molecule has 9 heteroatoms. The molecule has 1 aliphatic heterocycles. The standard InChI is InChI=1S/C18H17FN6O2/c19-13-4-6-14(7-5-13)21-18(26)24-9-10-25-16(11-24)15(22-23-25)12-27-17-3-1-2-8-20-17/h1-8H,9-12H2,(H,21,26). The topological polar surface area (TPSA) is 85.2 Å². The van der Waals surface area contributed by atoms with Crippen molar-refractivity contribution in [2.75, 3.05) is 11.9 Å². The number of urea groups is 1. The maximum Gasteiger partial charge on any atom is 0.322 e. The van der Waals surface area contributed by atoms with Crippen molar-refractivity contribution in [1.29, 1.82) is 0 Å². The maximum atomic E-state index is 13.0. The van der Waals surface area contributed by atoms with E-state index in [0.717, 1.165) is 5.69 Å². The van der Waals surface area contributed by atoms with Gasteiger partial charge in [-0.15, -0.1) is 5.10 Å². The second kappa shape index (κ2) is 7.40. The van der Waals surface area contributed by atoms with E-state index in [0.29, 0.717) is 36.9 Å². The van der Waals surface area contributed by atoms with E-state index in [9.17, 15) is 9.18 Å². The van der Waals surface area contributed by atoms with Gasteiger partial charge in [-0.1, -0.05) is 11.3 Å². The van der Waals surface area contributed by atoms with E-state index >= 15 is 0 Å². The number of ether oxygens (including phenoxy) is 1. The van der Waals surface area contributed by atoms with Crippen molar-refractivity contribution in [1.82, 2.24) is 24.9 Å². The summed E-state index contributed by atoms with van der Waals surface area (Å²) in [5.74, 6) is 0.152. The Morgan fingerprint density at radius 1 is 1.19 bits per heavy atom. The van der Waals surface area contributed by atoms with Crippen LogP contribution in [0.4, 0.5) is 14.9 Å². The Morgan fingerprint density at radius 3 is 2.81 bits per heavy atom. The van der Waals surface area contributed by atoms with E-state index in [1.54, 1.807) is 21.8 Å². The first-order valence-electron chi connectivity index (χ1n) is 8.45. The molecule has 2 amide bonds. The van der Waals surface area contributed by atoms with E-state index in [1.165, 1.54) is 24.3 Å². The Hall–Kier alpha value is -3.49. The van der Waals surface area contributed by atoms with Crippen molar-refractivity contribution >= 4 is 11.7 Å². The monoisotopic (exact) mass is 368 g/mol. The average molecular weight is 368 g/mol. The molecule has 3 heterocycles. The predicted octanol–water partition coefficient (Wildman–Crippen LogP) is 2.44. The summed E-state index contributed by atoms with van der Waals surface area (Å²) in [6.07, 6.45) is 1.65. The number of fused-ring (bicyclic) bond motifs is 1. The molecule has 27 heavy (non-hydrogen) atoms. The summed E-state index contributed by atoms with van der Waals surface area (Å²) < 4.78 is 20.4. The maximum absolute atomic E-state index is 13.0. The zero-order chi connectivity index (χ0) is 18.6. The van der Waals surface area contributed by atoms with Crippen LogP contribution in [0.15, 0.2) is 48.7 Å². The number of hydrogen-bond donors (Lipinski definition) is 1. The lowest BCUT2D eigenvalue weighted by Crippen LogP contribution is -2.41. The molecule has 0 spiro atoms. The van der Waals surface area contributed by atoms with Crippen LogP contribution >= 0.6 is 0 Å². The summed E-state index contributed by atoms with van der Waals surface area (Å²) >= 11 is 0. The van der Waals surface area contributed by atoms with Gasteiger partial charge in [-0.2, -0.15) is 0 Å². The lowest BCUT2D eigenvalue weighted by molar-refractivity contribution is 0.193. The molecule has 0 atom stereocenters. The molecule has 0 saturated carbocycles. The Morgan fingerprint density at radius 2 is 2.04 bits per heavy atom. The lowest BCUT2D eigenvalue weighted by atomic mass is 10.2. The molecule has 1 aromatic carbocycles. The number of aromatic nitrogens is 4. The highest BCUT2D eigenvalue weighted by molar-refractivity contribution is 5.89. The van der Waals surface area contributed by atoms with Crippen molar-refractivity contribution in [3.63, 3.8) is 0 Å². The van der Waals surface area contributed by atoms with Crippen LogP contribution in [0.3, 0.4) is 0 Å². The molecule has 4 rings (SSSR count). The van der Waals surface area contributed by atoms with Gasteiger partial charge in [0.25, 0.3) is 0 Å². The Labute approximate surface area is 154 Å². The first kappa shape index (κ1) is 17.0. The van der Waals surface area contributed by atoms with Gasteiger partial charge in [0.2, 0.25) is 5.88 Å². The molecule has 138 valence electrons. The number of anilines is 1. The summed E-state index contributed by atoms with van der Waals surface area (Å²) in [7, 11) is 0. The van der Waals surface area contributed by atoms with Crippen molar-refractivity contribution < 1.29 is 13.9 Å². The second-order valence-electron chi connectivity index (χ2n) is 6.02. The molecule has 0 fully saturated rings. The molecule has 1 aliphatic rings. The lowest BCUT2D eigenvalue weighted by Gasteiger charge is -2.27. The summed E-state index contributed by atoms with van der Waals surface area (Å²) in [5.41, 5.74) is 2.03. The van der Waals surface area contributed by atoms with Gasteiger partial charge in [-0.3, -0.25) is 0 Å². The van der Waals surface area contributed by atoms with Crippen LogP contribution < -0.4 is 10.1 Å². The van der Waals surface area contributed by atoms with Crippen LogP contribution in [0.2, 0.25) is 0 Å². The number of hydrogen-bond acceptors (Lipinski definition) is 5. The van der Waals surface area contributed by atoms with Gasteiger partial charge in [0.05, 0.1) is 18.8 Å². The Bertz CT molecular complexity index is 929. The van der Waals surface area contributed by atoms with Crippen LogP contribution in [0.25, 0.3) is 0 Å². The smallest absolute Gasteiger partial charge is 0.322 e. The molecule has 0 radical (unpaired) electrons. The van der Waals surface area contributed by atoms with E-state index in [-0.39, 0.29) is 18.5 Å². The number of pyridine rings is 1. The Balaban J connectivity index is 1.42. The van der Waals surface area contributed by atoms with E-state index in [2.05, 4.69) is 20.6 Å². The molecule has 0 bridgehead atoms. The number of halogens is 1. The summed E-state index contributed by atoms with van der Waals surface area (Å²) in [6.45, 7) is 1.63. The first-order valence-corrected chi connectivity index (χ1v) is 8.45. The Kier molecular flexibility index (Phi) is 4.65. The number of benzene rings is 1. The molecule has 2 aromatic heterocycles. The SMILES string of the molecule is O=C(Nc1ccc(F)cc1)N1CCn2nnc(COc3ccccn3)c2C1. The molecule has 0 aliphatic carbocycles. The molecular weight excluding hydrogens is 351 g/mol. The van der Waals surface area contributed by atoms with Gasteiger partial charge in [0.1, 0.15) is 18.1 Å². The highest BCUT2D eigenvalue weighted by Crippen LogP contribution is 2.18. The highest BCUT2D eigenvalue weighted by atomic mass is 19.1. The molecule has 0 saturated heterocycles. The second-order valence-corrected chi connectivity index (χ2v) is 6.02. The van der Waals surface area contributed by atoms with Gasteiger partial charge >= 0.3 is 6.03 Å². The normalized spacial score (nSPS) is 13.1. The molecule has 1 N–H and O–H groups in total. The minimum Gasteiger partial charge on any atom is -0.471 e. The van der Waals surface area contributed by atoms with Gasteiger partial charge in [-0.05, 0) is 30.3 Å². The third kappa shape index (κ3) is 3.86. The predicted molar refractivity (Wildman–Crippen MR) is 94.4 cm³/mol. The van der Waals surface area contributed by atoms with E-state index in [4.69, 9.17) is 4.74 Å².